The average molecular weight is 355 g/mol. The zero-order chi connectivity index (χ0) is 18.8. The van der Waals surface area contributed by atoms with E-state index in [1.807, 2.05) is 6.92 Å². The Morgan fingerprint density at radius 3 is 2.42 bits per heavy atom. The van der Waals surface area contributed by atoms with Crippen molar-refractivity contribution in [2.75, 3.05) is 0 Å². The SMILES string of the molecule is CCc1cnc(-c2c(F)cncc2F)c2cc(C(=O)N=C(N)N)ccc12. The van der Waals surface area contributed by atoms with Crippen molar-refractivity contribution in [2.45, 2.75) is 13.3 Å². The van der Waals surface area contributed by atoms with E-state index in [-0.39, 0.29) is 22.8 Å². The fraction of sp³-hybridized carbons (Fsp3) is 0.111. The Morgan fingerprint density at radius 1 is 1.12 bits per heavy atom. The minimum absolute atomic E-state index is 0.0777. The van der Waals surface area contributed by atoms with Crippen LogP contribution in [0.4, 0.5) is 8.78 Å². The molecule has 0 fully saturated rings. The first kappa shape index (κ1) is 17.4. The summed E-state index contributed by atoms with van der Waals surface area (Å²) >= 11 is 0. The molecular formula is C18H15F2N5O. The number of carbonyl (C=O) groups excluding carboxylic acids is 1. The predicted molar refractivity (Wildman–Crippen MR) is 94.4 cm³/mol. The van der Waals surface area contributed by atoms with Crippen molar-refractivity contribution in [3.05, 3.63) is 59.6 Å². The summed E-state index contributed by atoms with van der Waals surface area (Å²) in [6.07, 6.45) is 4.04. The van der Waals surface area contributed by atoms with Crippen LogP contribution in [0, 0.1) is 11.6 Å². The third-order valence-electron chi connectivity index (χ3n) is 3.92. The van der Waals surface area contributed by atoms with Gasteiger partial charge in [0.05, 0.1) is 23.7 Å². The summed E-state index contributed by atoms with van der Waals surface area (Å²) in [6, 6.07) is 4.72. The highest BCUT2D eigenvalue weighted by Gasteiger charge is 2.18. The quantitative estimate of drug-likeness (QED) is 0.554. The number of halogens is 2. The van der Waals surface area contributed by atoms with Crippen molar-refractivity contribution in [3.63, 3.8) is 0 Å². The molecule has 26 heavy (non-hydrogen) atoms. The summed E-state index contributed by atoms with van der Waals surface area (Å²) in [4.78, 5) is 23.3. The number of guanidine groups is 1. The molecule has 2 aromatic heterocycles. The molecule has 1 aromatic carbocycles. The van der Waals surface area contributed by atoms with Gasteiger partial charge in [0.25, 0.3) is 5.91 Å². The van der Waals surface area contributed by atoms with E-state index in [1.54, 1.807) is 18.3 Å². The van der Waals surface area contributed by atoms with Gasteiger partial charge in [-0.05, 0) is 29.5 Å². The Labute approximate surface area is 147 Å². The highest BCUT2D eigenvalue weighted by molar-refractivity contribution is 6.06. The van der Waals surface area contributed by atoms with Gasteiger partial charge >= 0.3 is 0 Å². The van der Waals surface area contributed by atoms with Crippen LogP contribution in [0.2, 0.25) is 0 Å². The molecule has 0 unspecified atom stereocenters. The molecule has 1 amide bonds. The number of pyridine rings is 2. The normalized spacial score (nSPS) is 10.7. The molecule has 0 spiro atoms. The lowest BCUT2D eigenvalue weighted by molar-refractivity contribution is 0.100. The second kappa shape index (κ2) is 6.83. The second-order valence-electron chi connectivity index (χ2n) is 5.57. The molecule has 0 bridgehead atoms. The molecule has 3 aromatic rings. The van der Waals surface area contributed by atoms with Crippen molar-refractivity contribution in [3.8, 4) is 11.3 Å². The first-order chi connectivity index (χ1) is 12.4. The maximum absolute atomic E-state index is 14.2. The van der Waals surface area contributed by atoms with Gasteiger partial charge in [-0.1, -0.05) is 13.0 Å². The molecule has 0 saturated heterocycles. The second-order valence-corrected chi connectivity index (χ2v) is 5.57. The molecule has 0 atom stereocenters. The smallest absolute Gasteiger partial charge is 0.280 e. The van der Waals surface area contributed by atoms with Crippen LogP contribution in [0.5, 0.6) is 0 Å². The highest BCUT2D eigenvalue weighted by atomic mass is 19.1. The number of hydrogen-bond donors (Lipinski definition) is 2. The van der Waals surface area contributed by atoms with Gasteiger partial charge < -0.3 is 11.5 Å². The number of carbonyl (C=O) groups is 1. The molecule has 0 aliphatic carbocycles. The Balaban J connectivity index is 2.33. The monoisotopic (exact) mass is 355 g/mol. The minimum Gasteiger partial charge on any atom is -0.370 e. The molecular weight excluding hydrogens is 340 g/mol. The molecule has 132 valence electrons. The van der Waals surface area contributed by atoms with Gasteiger partial charge in [0.15, 0.2) is 17.6 Å². The number of aliphatic imine (C=N–C) groups is 1. The molecule has 0 saturated carbocycles. The third kappa shape index (κ3) is 3.08. The molecule has 2 heterocycles. The van der Waals surface area contributed by atoms with E-state index in [9.17, 15) is 13.6 Å². The fourth-order valence-electron chi connectivity index (χ4n) is 2.74. The first-order valence-corrected chi connectivity index (χ1v) is 7.77. The summed E-state index contributed by atoms with van der Waals surface area (Å²) in [6.45, 7) is 1.93. The number of rotatable bonds is 3. The van der Waals surface area contributed by atoms with Crippen LogP contribution < -0.4 is 11.5 Å². The van der Waals surface area contributed by atoms with Crippen LogP contribution in [-0.4, -0.2) is 21.8 Å². The average Bonchev–Trinajstić information content (AvgIpc) is 2.60. The van der Waals surface area contributed by atoms with Crippen LogP contribution in [0.3, 0.4) is 0 Å². The largest absolute Gasteiger partial charge is 0.370 e. The summed E-state index contributed by atoms with van der Waals surface area (Å²) in [7, 11) is 0. The topological polar surface area (TPSA) is 107 Å². The van der Waals surface area contributed by atoms with Crippen molar-refractivity contribution in [1.29, 1.82) is 0 Å². The predicted octanol–water partition coefficient (Wildman–Crippen LogP) is 2.55. The van der Waals surface area contributed by atoms with Crippen molar-refractivity contribution < 1.29 is 13.6 Å². The lowest BCUT2D eigenvalue weighted by Gasteiger charge is -2.12. The number of amides is 1. The van der Waals surface area contributed by atoms with Gasteiger partial charge in [-0.2, -0.15) is 4.99 Å². The molecule has 6 nitrogen and oxygen atoms in total. The lowest BCUT2D eigenvalue weighted by atomic mass is 9.97. The third-order valence-corrected chi connectivity index (χ3v) is 3.92. The number of hydrogen-bond acceptors (Lipinski definition) is 3. The summed E-state index contributed by atoms with van der Waals surface area (Å²) in [5.41, 5.74) is 11.3. The maximum atomic E-state index is 14.2. The van der Waals surface area contributed by atoms with Gasteiger partial charge in [0.2, 0.25) is 0 Å². The Kier molecular flexibility index (Phi) is 4.57. The highest BCUT2D eigenvalue weighted by Crippen LogP contribution is 2.32. The number of nitrogens with two attached hydrogens (primary N) is 2. The lowest BCUT2D eigenvalue weighted by Crippen LogP contribution is -2.24. The fourth-order valence-corrected chi connectivity index (χ4v) is 2.74. The van der Waals surface area contributed by atoms with Crippen molar-refractivity contribution in [2.24, 2.45) is 16.5 Å². The van der Waals surface area contributed by atoms with E-state index in [0.717, 1.165) is 23.3 Å². The Morgan fingerprint density at radius 2 is 1.81 bits per heavy atom. The number of nitrogens with zero attached hydrogens (tertiary/aromatic N) is 3. The van der Waals surface area contributed by atoms with Crippen LogP contribution in [0.25, 0.3) is 22.0 Å². The Hall–Kier alpha value is -3.42. The summed E-state index contributed by atoms with van der Waals surface area (Å²) in [5.74, 6) is -2.72. The molecule has 0 radical (unpaired) electrons. The van der Waals surface area contributed by atoms with E-state index in [0.29, 0.717) is 11.8 Å². The zero-order valence-electron chi connectivity index (χ0n) is 13.8. The summed E-state index contributed by atoms with van der Waals surface area (Å²) < 4.78 is 28.4. The van der Waals surface area contributed by atoms with Crippen molar-refractivity contribution >= 4 is 22.6 Å². The molecule has 3 rings (SSSR count). The van der Waals surface area contributed by atoms with E-state index < -0.39 is 17.5 Å². The van der Waals surface area contributed by atoms with Crippen LogP contribution in [0.15, 0.2) is 41.8 Å². The van der Waals surface area contributed by atoms with E-state index >= 15 is 0 Å². The Bertz CT molecular complexity index is 1020. The van der Waals surface area contributed by atoms with Crippen LogP contribution in [0.1, 0.15) is 22.8 Å². The van der Waals surface area contributed by atoms with Gasteiger partial charge in [-0.25, -0.2) is 8.78 Å². The minimum atomic E-state index is -0.844. The first-order valence-electron chi connectivity index (χ1n) is 7.77. The van der Waals surface area contributed by atoms with Gasteiger partial charge in [0.1, 0.15) is 0 Å². The summed E-state index contributed by atoms with van der Waals surface area (Å²) in [5, 5.41) is 1.15. The molecule has 0 aliphatic rings. The maximum Gasteiger partial charge on any atom is 0.280 e. The number of fused-ring (bicyclic) bond motifs is 1. The van der Waals surface area contributed by atoms with Gasteiger partial charge in [-0.15, -0.1) is 0 Å². The molecule has 0 aliphatic heterocycles. The van der Waals surface area contributed by atoms with E-state index in [4.69, 9.17) is 11.5 Å². The van der Waals surface area contributed by atoms with Crippen LogP contribution >= 0.6 is 0 Å². The standard InChI is InChI=1S/C18H15F2N5O/c1-2-9-6-24-16(15-13(19)7-23-8-14(15)20)12-5-10(3-4-11(9)12)17(26)25-18(21)22/h3-8H,2H2,1H3,(H4,21,22,25,26). The number of aromatic nitrogens is 2. The van der Waals surface area contributed by atoms with E-state index in [1.165, 1.54) is 6.07 Å². The van der Waals surface area contributed by atoms with Gasteiger partial charge in [0, 0.05) is 17.1 Å². The molecule has 8 heteroatoms. The molecule has 4 N–H and O–H groups in total. The number of benzene rings is 1. The number of aryl methyl sites for hydroxylation is 1. The van der Waals surface area contributed by atoms with E-state index in [2.05, 4.69) is 15.0 Å². The van der Waals surface area contributed by atoms with Crippen molar-refractivity contribution in [1.82, 2.24) is 9.97 Å². The van der Waals surface area contributed by atoms with Crippen LogP contribution in [-0.2, 0) is 6.42 Å². The zero-order valence-corrected chi connectivity index (χ0v) is 13.8. The van der Waals surface area contributed by atoms with Gasteiger partial charge in [-0.3, -0.25) is 14.8 Å².